The van der Waals surface area contributed by atoms with Gasteiger partial charge in [0.25, 0.3) is 0 Å². The van der Waals surface area contributed by atoms with E-state index in [-0.39, 0.29) is 30.3 Å². The van der Waals surface area contributed by atoms with Crippen molar-refractivity contribution < 1.29 is 14.4 Å². The fourth-order valence-corrected chi connectivity index (χ4v) is 3.56. The SMILES string of the molecule is NC(=O)[C@@H]1CCCCN1CC(=O)Nc1cccc(N2CCCC2=O)c1. The first kappa shape index (κ1) is 17.4. The van der Waals surface area contributed by atoms with Crippen molar-refractivity contribution in [1.29, 1.82) is 0 Å². The number of benzene rings is 1. The number of amides is 3. The van der Waals surface area contributed by atoms with Crippen molar-refractivity contribution >= 4 is 29.1 Å². The van der Waals surface area contributed by atoms with E-state index in [9.17, 15) is 14.4 Å². The van der Waals surface area contributed by atoms with Gasteiger partial charge < -0.3 is 16.0 Å². The lowest BCUT2D eigenvalue weighted by molar-refractivity contribution is -0.126. The van der Waals surface area contributed by atoms with Gasteiger partial charge in [0, 0.05) is 24.3 Å². The highest BCUT2D eigenvalue weighted by molar-refractivity contribution is 5.97. The van der Waals surface area contributed by atoms with Gasteiger partial charge in [-0.05, 0) is 44.0 Å². The van der Waals surface area contributed by atoms with Crippen LogP contribution < -0.4 is 16.0 Å². The lowest BCUT2D eigenvalue weighted by atomic mass is 10.0. The predicted molar refractivity (Wildman–Crippen MR) is 95.1 cm³/mol. The number of piperidine rings is 1. The molecule has 2 heterocycles. The molecule has 2 fully saturated rings. The Hall–Kier alpha value is -2.41. The van der Waals surface area contributed by atoms with Crippen molar-refractivity contribution in [3.05, 3.63) is 24.3 Å². The van der Waals surface area contributed by atoms with E-state index in [4.69, 9.17) is 5.73 Å². The van der Waals surface area contributed by atoms with E-state index < -0.39 is 0 Å². The van der Waals surface area contributed by atoms with Gasteiger partial charge in [0.15, 0.2) is 0 Å². The van der Waals surface area contributed by atoms with E-state index in [1.165, 1.54) is 0 Å². The number of likely N-dealkylation sites (tertiary alicyclic amines) is 1. The van der Waals surface area contributed by atoms with Gasteiger partial charge in [-0.25, -0.2) is 0 Å². The normalized spacial score (nSPS) is 21.4. The number of carbonyl (C=O) groups is 3. The van der Waals surface area contributed by atoms with Crippen LogP contribution >= 0.6 is 0 Å². The molecule has 0 radical (unpaired) electrons. The highest BCUT2D eigenvalue weighted by atomic mass is 16.2. The van der Waals surface area contributed by atoms with Crippen LogP contribution in [0.3, 0.4) is 0 Å². The largest absolute Gasteiger partial charge is 0.368 e. The summed E-state index contributed by atoms with van der Waals surface area (Å²) in [5.41, 5.74) is 6.89. The number of hydrogen-bond acceptors (Lipinski definition) is 4. The first-order valence-electron chi connectivity index (χ1n) is 8.78. The van der Waals surface area contributed by atoms with E-state index >= 15 is 0 Å². The van der Waals surface area contributed by atoms with Crippen LogP contribution in [0.4, 0.5) is 11.4 Å². The summed E-state index contributed by atoms with van der Waals surface area (Å²) in [6.45, 7) is 1.55. The van der Waals surface area contributed by atoms with E-state index in [0.29, 0.717) is 31.6 Å². The van der Waals surface area contributed by atoms with E-state index in [0.717, 1.165) is 24.9 Å². The maximum absolute atomic E-state index is 12.4. The Morgan fingerprint density at radius 3 is 2.76 bits per heavy atom. The lowest BCUT2D eigenvalue weighted by Gasteiger charge is -2.32. The standard InChI is InChI=1S/C18H24N4O3/c19-18(25)15-7-1-2-9-21(15)12-16(23)20-13-5-3-6-14(11-13)22-10-4-8-17(22)24/h3,5-6,11,15H,1-2,4,7-10,12H2,(H2,19,25)(H,20,23)/t15-/m0/s1. The fraction of sp³-hybridized carbons (Fsp3) is 0.500. The smallest absolute Gasteiger partial charge is 0.238 e. The molecule has 1 atom stereocenters. The topological polar surface area (TPSA) is 95.7 Å². The number of nitrogens with two attached hydrogens (primary N) is 1. The third-order valence-electron chi connectivity index (χ3n) is 4.80. The van der Waals surface area contributed by atoms with Crippen LogP contribution in [0.25, 0.3) is 0 Å². The van der Waals surface area contributed by atoms with Gasteiger partial charge in [-0.3, -0.25) is 19.3 Å². The van der Waals surface area contributed by atoms with Gasteiger partial charge in [-0.15, -0.1) is 0 Å². The molecule has 0 aliphatic carbocycles. The second kappa shape index (κ2) is 7.65. The number of carbonyl (C=O) groups excluding carboxylic acids is 3. The van der Waals surface area contributed by atoms with Gasteiger partial charge in [0.05, 0.1) is 12.6 Å². The summed E-state index contributed by atoms with van der Waals surface area (Å²) in [6, 6.07) is 6.93. The second-order valence-electron chi connectivity index (χ2n) is 6.63. The Balaban J connectivity index is 1.63. The number of nitrogens with zero attached hydrogens (tertiary/aromatic N) is 2. The molecule has 2 aliphatic heterocycles. The summed E-state index contributed by atoms with van der Waals surface area (Å²) in [7, 11) is 0. The molecule has 7 nitrogen and oxygen atoms in total. The van der Waals surface area contributed by atoms with Crippen molar-refractivity contribution in [3.8, 4) is 0 Å². The van der Waals surface area contributed by atoms with Crippen LogP contribution in [-0.2, 0) is 14.4 Å². The number of primary amides is 1. The van der Waals surface area contributed by atoms with Gasteiger partial charge in [0.1, 0.15) is 0 Å². The van der Waals surface area contributed by atoms with Gasteiger partial charge >= 0.3 is 0 Å². The molecule has 25 heavy (non-hydrogen) atoms. The quantitative estimate of drug-likeness (QED) is 0.836. The minimum atomic E-state index is -0.373. The molecule has 2 aliphatic rings. The molecular weight excluding hydrogens is 320 g/mol. The van der Waals surface area contributed by atoms with Crippen LogP contribution in [-0.4, -0.2) is 48.3 Å². The fourth-order valence-electron chi connectivity index (χ4n) is 3.56. The van der Waals surface area contributed by atoms with Crippen molar-refractivity contribution in [2.45, 2.75) is 38.1 Å². The molecule has 3 amide bonds. The third kappa shape index (κ3) is 4.17. The zero-order valence-corrected chi connectivity index (χ0v) is 14.2. The molecule has 0 bridgehead atoms. The predicted octanol–water partition coefficient (Wildman–Crippen LogP) is 1.09. The van der Waals surface area contributed by atoms with E-state index in [1.54, 1.807) is 11.0 Å². The maximum atomic E-state index is 12.4. The van der Waals surface area contributed by atoms with Crippen LogP contribution in [0, 0.1) is 0 Å². The third-order valence-corrected chi connectivity index (χ3v) is 4.80. The second-order valence-corrected chi connectivity index (χ2v) is 6.63. The number of anilines is 2. The molecule has 2 saturated heterocycles. The van der Waals surface area contributed by atoms with E-state index in [1.807, 2.05) is 23.1 Å². The average Bonchev–Trinajstić information content (AvgIpc) is 3.01. The molecule has 0 spiro atoms. The molecule has 1 aromatic carbocycles. The van der Waals surface area contributed by atoms with Gasteiger partial charge in [-0.1, -0.05) is 12.5 Å². The maximum Gasteiger partial charge on any atom is 0.238 e. The monoisotopic (exact) mass is 344 g/mol. The highest BCUT2D eigenvalue weighted by Gasteiger charge is 2.28. The first-order valence-corrected chi connectivity index (χ1v) is 8.78. The van der Waals surface area contributed by atoms with Crippen molar-refractivity contribution in [3.63, 3.8) is 0 Å². The van der Waals surface area contributed by atoms with Gasteiger partial charge in [0.2, 0.25) is 17.7 Å². The Bertz CT molecular complexity index is 676. The highest BCUT2D eigenvalue weighted by Crippen LogP contribution is 2.24. The molecule has 0 unspecified atom stereocenters. The first-order chi connectivity index (χ1) is 12.0. The number of rotatable bonds is 5. The van der Waals surface area contributed by atoms with Crippen molar-refractivity contribution in [1.82, 2.24) is 4.90 Å². The molecule has 0 aromatic heterocycles. The Morgan fingerprint density at radius 1 is 1.20 bits per heavy atom. The molecule has 0 saturated carbocycles. The molecule has 3 N–H and O–H groups in total. The van der Waals surface area contributed by atoms with E-state index in [2.05, 4.69) is 5.32 Å². The Labute approximate surface area is 147 Å². The Kier molecular flexibility index (Phi) is 5.33. The summed E-state index contributed by atoms with van der Waals surface area (Å²) in [5.74, 6) is -0.443. The minimum absolute atomic E-state index is 0.112. The van der Waals surface area contributed by atoms with Crippen LogP contribution in [0.5, 0.6) is 0 Å². The summed E-state index contributed by atoms with van der Waals surface area (Å²) in [4.78, 5) is 39.3. The number of hydrogen-bond donors (Lipinski definition) is 2. The van der Waals surface area contributed by atoms with Crippen molar-refractivity contribution in [2.75, 3.05) is 29.9 Å². The zero-order valence-electron chi connectivity index (χ0n) is 14.2. The molecular formula is C18H24N4O3. The van der Waals surface area contributed by atoms with Crippen LogP contribution in [0.15, 0.2) is 24.3 Å². The summed E-state index contributed by atoms with van der Waals surface area (Å²) < 4.78 is 0. The van der Waals surface area contributed by atoms with Crippen LogP contribution in [0.2, 0.25) is 0 Å². The number of nitrogens with one attached hydrogen (secondary N) is 1. The summed E-state index contributed by atoms with van der Waals surface area (Å²) in [6.07, 6.45) is 4.05. The molecule has 134 valence electrons. The average molecular weight is 344 g/mol. The zero-order chi connectivity index (χ0) is 17.8. The van der Waals surface area contributed by atoms with Crippen molar-refractivity contribution in [2.24, 2.45) is 5.73 Å². The lowest BCUT2D eigenvalue weighted by Crippen LogP contribution is -2.50. The molecule has 7 heteroatoms. The van der Waals surface area contributed by atoms with Crippen LogP contribution in [0.1, 0.15) is 32.1 Å². The summed E-state index contributed by atoms with van der Waals surface area (Å²) in [5, 5.41) is 2.86. The summed E-state index contributed by atoms with van der Waals surface area (Å²) >= 11 is 0. The van der Waals surface area contributed by atoms with Gasteiger partial charge in [-0.2, -0.15) is 0 Å². The molecule has 3 rings (SSSR count). The molecule has 1 aromatic rings. The Morgan fingerprint density at radius 2 is 2.04 bits per heavy atom. The minimum Gasteiger partial charge on any atom is -0.368 e.